The second-order valence-corrected chi connectivity index (χ2v) is 11.0. The van der Waals surface area contributed by atoms with Gasteiger partial charge in [0.05, 0.1) is 23.7 Å². The quantitative estimate of drug-likeness (QED) is 0.386. The first kappa shape index (κ1) is 26.3. The number of methoxy groups -OCH3 is 1. The van der Waals surface area contributed by atoms with Crippen molar-refractivity contribution in [3.63, 3.8) is 0 Å². The topological polar surface area (TPSA) is 84.5 Å². The molecule has 7 heteroatoms. The predicted octanol–water partition coefficient (Wildman–Crippen LogP) is 5.94. The van der Waals surface area contributed by atoms with E-state index in [0.717, 1.165) is 28.9 Å². The summed E-state index contributed by atoms with van der Waals surface area (Å²) in [4.78, 5) is 13.3. The largest absolute Gasteiger partial charge is 0.497 e. The van der Waals surface area contributed by atoms with Crippen LogP contribution in [0.1, 0.15) is 58.9 Å². The molecule has 3 aromatic carbocycles. The first-order chi connectivity index (χ1) is 16.5. The number of ether oxygens (including phenoxy) is 1. The van der Waals surface area contributed by atoms with Gasteiger partial charge in [0.25, 0.3) is 15.9 Å². The van der Waals surface area contributed by atoms with Crippen molar-refractivity contribution in [3.8, 4) is 5.75 Å². The van der Waals surface area contributed by atoms with Gasteiger partial charge in [-0.15, -0.1) is 0 Å². The SMILES string of the molecule is COc1ccc([C@@H](CC(C)C)NC(=O)c2ccc(C)c(S(=O)(=O)Nc3cc(C)ccc3C)c2)cc1. The third-order valence-electron chi connectivity index (χ3n) is 5.91. The minimum absolute atomic E-state index is 0.0795. The van der Waals surface area contributed by atoms with Crippen molar-refractivity contribution in [2.45, 2.75) is 52.0 Å². The van der Waals surface area contributed by atoms with Gasteiger partial charge in [-0.1, -0.05) is 44.2 Å². The van der Waals surface area contributed by atoms with Gasteiger partial charge < -0.3 is 10.1 Å². The second-order valence-electron chi connectivity index (χ2n) is 9.33. The minimum atomic E-state index is -3.89. The van der Waals surface area contributed by atoms with Crippen molar-refractivity contribution in [1.29, 1.82) is 0 Å². The molecule has 6 nitrogen and oxygen atoms in total. The zero-order chi connectivity index (χ0) is 25.8. The van der Waals surface area contributed by atoms with E-state index >= 15 is 0 Å². The van der Waals surface area contributed by atoms with Crippen LogP contribution in [0.15, 0.2) is 65.6 Å². The average Bonchev–Trinajstić information content (AvgIpc) is 2.80. The molecule has 0 aliphatic rings. The van der Waals surface area contributed by atoms with Crippen LogP contribution in [0.5, 0.6) is 5.75 Å². The number of hydrogen-bond donors (Lipinski definition) is 2. The van der Waals surface area contributed by atoms with E-state index < -0.39 is 10.0 Å². The van der Waals surface area contributed by atoms with Crippen molar-refractivity contribution in [2.24, 2.45) is 5.92 Å². The lowest BCUT2D eigenvalue weighted by molar-refractivity contribution is 0.0931. The number of rotatable bonds is 9. The maximum Gasteiger partial charge on any atom is 0.262 e. The van der Waals surface area contributed by atoms with Crippen LogP contribution in [0, 0.1) is 26.7 Å². The van der Waals surface area contributed by atoms with Gasteiger partial charge in [-0.25, -0.2) is 8.42 Å². The monoisotopic (exact) mass is 494 g/mol. The van der Waals surface area contributed by atoms with E-state index in [1.165, 1.54) is 6.07 Å². The summed E-state index contributed by atoms with van der Waals surface area (Å²) in [5, 5.41) is 3.09. The second kappa shape index (κ2) is 11.0. The van der Waals surface area contributed by atoms with Crippen LogP contribution in [-0.4, -0.2) is 21.4 Å². The first-order valence-corrected chi connectivity index (χ1v) is 13.1. The van der Waals surface area contributed by atoms with Crippen molar-refractivity contribution in [1.82, 2.24) is 5.32 Å². The number of nitrogens with one attached hydrogen (secondary N) is 2. The highest BCUT2D eigenvalue weighted by Crippen LogP contribution is 2.26. The van der Waals surface area contributed by atoms with Crippen LogP contribution < -0.4 is 14.8 Å². The molecule has 0 aliphatic heterocycles. The molecule has 3 aromatic rings. The molecule has 0 heterocycles. The Morgan fingerprint density at radius 1 is 0.914 bits per heavy atom. The van der Waals surface area contributed by atoms with Gasteiger partial charge >= 0.3 is 0 Å². The average molecular weight is 495 g/mol. The number of aryl methyl sites for hydroxylation is 3. The van der Waals surface area contributed by atoms with E-state index in [-0.39, 0.29) is 16.8 Å². The fourth-order valence-electron chi connectivity index (χ4n) is 3.90. The highest BCUT2D eigenvalue weighted by molar-refractivity contribution is 7.92. The molecule has 0 unspecified atom stereocenters. The van der Waals surface area contributed by atoms with E-state index in [4.69, 9.17) is 4.74 Å². The molecule has 2 N–H and O–H groups in total. The Hall–Kier alpha value is -3.32. The lowest BCUT2D eigenvalue weighted by Crippen LogP contribution is -2.30. The fraction of sp³-hybridized carbons (Fsp3) is 0.321. The van der Waals surface area contributed by atoms with Crippen LogP contribution >= 0.6 is 0 Å². The number of benzene rings is 3. The molecule has 0 radical (unpaired) electrons. The van der Waals surface area contributed by atoms with Crippen molar-refractivity contribution in [2.75, 3.05) is 11.8 Å². The zero-order valence-electron chi connectivity index (χ0n) is 21.2. The van der Waals surface area contributed by atoms with Gasteiger partial charge in [-0.2, -0.15) is 0 Å². The van der Waals surface area contributed by atoms with E-state index in [9.17, 15) is 13.2 Å². The molecule has 186 valence electrons. The summed E-state index contributed by atoms with van der Waals surface area (Å²) < 4.78 is 34.4. The van der Waals surface area contributed by atoms with Gasteiger partial charge in [0.1, 0.15) is 5.75 Å². The molecule has 1 amide bonds. The molecular formula is C28H34N2O4S. The third-order valence-corrected chi connectivity index (χ3v) is 7.42. The zero-order valence-corrected chi connectivity index (χ0v) is 22.0. The summed E-state index contributed by atoms with van der Waals surface area (Å²) in [5.74, 6) is 0.765. The van der Waals surface area contributed by atoms with Crippen molar-refractivity contribution in [3.05, 3.63) is 88.5 Å². The van der Waals surface area contributed by atoms with Crippen molar-refractivity contribution >= 4 is 21.6 Å². The Kier molecular flexibility index (Phi) is 8.22. The maximum absolute atomic E-state index is 13.3. The van der Waals surface area contributed by atoms with Crippen LogP contribution in [0.4, 0.5) is 5.69 Å². The Labute approximate surface area is 208 Å². The molecule has 0 aliphatic carbocycles. The molecule has 0 aromatic heterocycles. The molecule has 35 heavy (non-hydrogen) atoms. The number of amides is 1. The summed E-state index contributed by atoms with van der Waals surface area (Å²) in [7, 11) is -2.28. The molecule has 1 atom stereocenters. The molecule has 0 saturated heterocycles. The standard InChI is InChI=1S/C28H34N2O4S/c1-18(2)15-26(22-11-13-24(34-6)14-12-22)29-28(31)23-10-9-21(5)27(17-23)35(32,33)30-25-16-19(3)7-8-20(25)4/h7-14,16-18,26,30H,15H2,1-6H3,(H,29,31)/t26-/m1/s1. The van der Waals surface area contributed by atoms with E-state index in [1.54, 1.807) is 32.2 Å². The molecule has 3 rings (SSSR count). The lowest BCUT2D eigenvalue weighted by Gasteiger charge is -2.22. The predicted molar refractivity (Wildman–Crippen MR) is 141 cm³/mol. The van der Waals surface area contributed by atoms with Gasteiger partial charge in [-0.3, -0.25) is 9.52 Å². The van der Waals surface area contributed by atoms with Gasteiger partial charge in [0.15, 0.2) is 0 Å². The summed E-state index contributed by atoms with van der Waals surface area (Å²) in [6.45, 7) is 9.67. The molecule has 0 saturated carbocycles. The Morgan fingerprint density at radius 3 is 2.20 bits per heavy atom. The van der Waals surface area contributed by atoms with Crippen LogP contribution in [-0.2, 0) is 10.0 Å². The number of anilines is 1. The van der Waals surface area contributed by atoms with Crippen LogP contribution in [0.3, 0.4) is 0 Å². The normalized spacial score (nSPS) is 12.3. The van der Waals surface area contributed by atoms with E-state index in [1.807, 2.05) is 50.2 Å². The first-order valence-electron chi connectivity index (χ1n) is 11.7. The van der Waals surface area contributed by atoms with Gasteiger partial charge in [-0.05, 0) is 85.7 Å². The van der Waals surface area contributed by atoms with Gasteiger partial charge in [0.2, 0.25) is 0 Å². The lowest BCUT2D eigenvalue weighted by atomic mass is 9.96. The minimum Gasteiger partial charge on any atom is -0.497 e. The highest BCUT2D eigenvalue weighted by atomic mass is 32.2. The fourth-order valence-corrected chi connectivity index (χ4v) is 5.30. The third kappa shape index (κ3) is 6.63. The summed E-state index contributed by atoms with van der Waals surface area (Å²) in [6.07, 6.45) is 0.739. The number of sulfonamides is 1. The molecule has 0 fully saturated rings. The van der Waals surface area contributed by atoms with E-state index in [0.29, 0.717) is 22.7 Å². The Balaban J connectivity index is 1.89. The summed E-state index contributed by atoms with van der Waals surface area (Å²) in [5.41, 5.74) is 4.11. The highest BCUT2D eigenvalue weighted by Gasteiger charge is 2.22. The number of hydrogen-bond acceptors (Lipinski definition) is 4. The maximum atomic E-state index is 13.3. The van der Waals surface area contributed by atoms with Crippen molar-refractivity contribution < 1.29 is 17.9 Å². The van der Waals surface area contributed by atoms with Crippen LogP contribution in [0.2, 0.25) is 0 Å². The van der Waals surface area contributed by atoms with Gasteiger partial charge in [0, 0.05) is 5.56 Å². The Morgan fingerprint density at radius 2 is 1.57 bits per heavy atom. The molecule has 0 spiro atoms. The van der Waals surface area contributed by atoms with Crippen LogP contribution in [0.25, 0.3) is 0 Å². The van der Waals surface area contributed by atoms with E-state index in [2.05, 4.69) is 23.9 Å². The number of carbonyl (C=O) groups excluding carboxylic acids is 1. The summed E-state index contributed by atoms with van der Waals surface area (Å²) in [6, 6.07) is 17.7. The number of carbonyl (C=O) groups is 1. The smallest absolute Gasteiger partial charge is 0.262 e. The molecular weight excluding hydrogens is 460 g/mol. The molecule has 0 bridgehead atoms. The summed E-state index contributed by atoms with van der Waals surface area (Å²) >= 11 is 0. The Bertz CT molecular complexity index is 1300.